The van der Waals surface area contributed by atoms with Crippen LogP contribution in [-0.4, -0.2) is 62.1 Å². The van der Waals surface area contributed by atoms with Crippen LogP contribution in [0.15, 0.2) is 59.7 Å². The molecule has 2 N–H and O–H groups in total. The van der Waals surface area contributed by atoms with Gasteiger partial charge in [0, 0.05) is 17.0 Å². The maximum absolute atomic E-state index is 10.2. The second kappa shape index (κ2) is 15.4. The molecule has 1 heterocycles. The van der Waals surface area contributed by atoms with E-state index in [1.807, 2.05) is 18.2 Å². The highest BCUT2D eigenvalue weighted by molar-refractivity contribution is 5.84. The molecule has 0 radical (unpaired) electrons. The van der Waals surface area contributed by atoms with Crippen LogP contribution in [0.25, 0.3) is 22.3 Å². The van der Waals surface area contributed by atoms with E-state index in [1.165, 1.54) is 36.7 Å². The average Bonchev–Trinajstić information content (AvgIpc) is 3.31. The minimum Gasteiger partial charge on any atom is -0.499 e. The highest BCUT2D eigenvalue weighted by atomic mass is 16.5. The van der Waals surface area contributed by atoms with Crippen molar-refractivity contribution in [3.8, 4) is 17.1 Å². The van der Waals surface area contributed by atoms with Crippen LogP contribution >= 0.6 is 0 Å². The molecule has 7 nitrogen and oxygen atoms in total. The molecule has 2 aromatic carbocycles. The first-order valence-electron chi connectivity index (χ1n) is 13.0. The van der Waals surface area contributed by atoms with Crippen molar-refractivity contribution in [3.63, 3.8) is 0 Å². The molecular weight excluding hydrogens is 472 g/mol. The number of benzene rings is 2. The van der Waals surface area contributed by atoms with E-state index in [0.717, 1.165) is 28.7 Å². The number of hydrogen-bond acceptors (Lipinski definition) is 7. The fourth-order valence-corrected chi connectivity index (χ4v) is 4.00. The van der Waals surface area contributed by atoms with Gasteiger partial charge in [-0.05, 0) is 49.1 Å². The lowest BCUT2D eigenvalue weighted by atomic mass is 10.00. The average molecular weight is 513 g/mol. The number of rotatable bonds is 18. The minimum atomic E-state index is -0.784. The molecule has 3 rings (SSSR count). The molecule has 0 saturated carbocycles. The molecule has 202 valence electrons. The lowest BCUT2D eigenvalue weighted by Crippen LogP contribution is -2.25. The number of aliphatic hydroxyl groups excluding tert-OH is 2. The second-order valence-electron chi connectivity index (χ2n) is 9.19. The van der Waals surface area contributed by atoms with Crippen molar-refractivity contribution in [2.24, 2.45) is 0 Å². The summed E-state index contributed by atoms with van der Waals surface area (Å²) in [7, 11) is 0. The van der Waals surface area contributed by atoms with Crippen LogP contribution < -0.4 is 4.74 Å². The third-order valence-corrected chi connectivity index (χ3v) is 5.96. The highest BCUT2D eigenvalue weighted by Crippen LogP contribution is 2.32. The molecule has 2 atom stereocenters. The van der Waals surface area contributed by atoms with Gasteiger partial charge in [0.25, 0.3) is 0 Å². The smallest absolute Gasteiger partial charge is 0.138 e. The number of aliphatic hydroxyl groups is 2. The van der Waals surface area contributed by atoms with Gasteiger partial charge in [0.15, 0.2) is 0 Å². The lowest BCUT2D eigenvalue weighted by molar-refractivity contribution is -0.0348. The van der Waals surface area contributed by atoms with Crippen molar-refractivity contribution >= 4 is 11.0 Å². The van der Waals surface area contributed by atoms with E-state index >= 15 is 0 Å². The molecule has 0 spiro atoms. The van der Waals surface area contributed by atoms with Gasteiger partial charge in [0.1, 0.15) is 42.5 Å². The van der Waals surface area contributed by atoms with Gasteiger partial charge >= 0.3 is 0 Å². The Labute approximate surface area is 219 Å². The van der Waals surface area contributed by atoms with Crippen LogP contribution in [0.4, 0.5) is 0 Å². The molecule has 0 aliphatic heterocycles. The molecule has 0 bridgehead atoms. The fourth-order valence-electron chi connectivity index (χ4n) is 4.00. The second-order valence-corrected chi connectivity index (χ2v) is 9.19. The Balaban J connectivity index is 1.44. The van der Waals surface area contributed by atoms with Crippen LogP contribution in [0, 0.1) is 6.92 Å². The summed E-state index contributed by atoms with van der Waals surface area (Å²) in [5, 5.41) is 20.7. The summed E-state index contributed by atoms with van der Waals surface area (Å²) in [5.74, 6) is 1.45. The Morgan fingerprint density at radius 1 is 0.919 bits per heavy atom. The normalized spacial score (nSPS) is 13.0. The summed E-state index contributed by atoms with van der Waals surface area (Å²) in [6.45, 7) is 8.85. The van der Waals surface area contributed by atoms with Crippen LogP contribution in [0.2, 0.25) is 0 Å². The summed E-state index contributed by atoms with van der Waals surface area (Å²) >= 11 is 0. The molecule has 37 heavy (non-hydrogen) atoms. The Morgan fingerprint density at radius 2 is 1.68 bits per heavy atom. The number of aryl methyl sites for hydroxylation is 2. The molecule has 2 unspecified atom stereocenters. The molecule has 0 fully saturated rings. The van der Waals surface area contributed by atoms with E-state index in [0.29, 0.717) is 19.0 Å². The van der Waals surface area contributed by atoms with E-state index in [4.69, 9.17) is 23.4 Å². The predicted octanol–water partition coefficient (Wildman–Crippen LogP) is 5.43. The third-order valence-electron chi connectivity index (χ3n) is 5.96. The summed E-state index contributed by atoms with van der Waals surface area (Å²) in [5.41, 5.74) is 4.40. The fraction of sp³-hybridized carbons (Fsp3) is 0.467. The van der Waals surface area contributed by atoms with Crippen molar-refractivity contribution < 1.29 is 33.6 Å². The van der Waals surface area contributed by atoms with Gasteiger partial charge in [-0.1, -0.05) is 44.5 Å². The zero-order valence-electron chi connectivity index (χ0n) is 22.0. The predicted molar refractivity (Wildman–Crippen MR) is 145 cm³/mol. The minimum absolute atomic E-state index is 0.0934. The van der Waals surface area contributed by atoms with E-state index in [9.17, 15) is 10.2 Å². The largest absolute Gasteiger partial charge is 0.499 e. The number of furan rings is 1. The maximum Gasteiger partial charge on any atom is 0.138 e. The molecule has 0 aliphatic rings. The first-order valence-corrected chi connectivity index (χ1v) is 13.0. The monoisotopic (exact) mass is 512 g/mol. The standard InChI is InChI=1S/C30H40O7/c1-4-6-7-8-23-9-12-28(22(3)15-23)30-16-24-10-11-27(17-29(24)37-30)36-21-26(32)20-35-14-13-34-19-25(31)18-33-5-2/h5,9-12,15-17,25-26,31-32H,2,4,6-8,13-14,18-21H2,1,3H3. The lowest BCUT2D eigenvalue weighted by Gasteiger charge is -2.14. The number of unbranched alkanes of at least 4 members (excludes halogenated alkanes) is 2. The molecule has 3 aromatic rings. The van der Waals surface area contributed by atoms with Crippen molar-refractivity contribution in [2.75, 3.05) is 39.6 Å². The van der Waals surface area contributed by atoms with Gasteiger partial charge in [0.2, 0.25) is 0 Å². The molecule has 7 heteroatoms. The molecule has 0 amide bonds. The van der Waals surface area contributed by atoms with Crippen molar-refractivity contribution in [2.45, 2.75) is 51.7 Å². The Bertz CT molecular complexity index is 1090. The van der Waals surface area contributed by atoms with Crippen molar-refractivity contribution in [1.82, 2.24) is 0 Å². The van der Waals surface area contributed by atoms with Gasteiger partial charge in [-0.15, -0.1) is 0 Å². The van der Waals surface area contributed by atoms with E-state index < -0.39 is 12.2 Å². The summed E-state index contributed by atoms with van der Waals surface area (Å²) in [4.78, 5) is 0. The Hall–Kier alpha value is -2.84. The summed E-state index contributed by atoms with van der Waals surface area (Å²) in [6.07, 6.45) is 4.58. The van der Waals surface area contributed by atoms with Crippen molar-refractivity contribution in [3.05, 3.63) is 66.4 Å². The number of fused-ring (bicyclic) bond motifs is 1. The zero-order chi connectivity index (χ0) is 26.5. The van der Waals surface area contributed by atoms with E-state index in [2.05, 4.69) is 44.7 Å². The van der Waals surface area contributed by atoms with Crippen LogP contribution in [0.3, 0.4) is 0 Å². The van der Waals surface area contributed by atoms with E-state index in [1.54, 1.807) is 0 Å². The number of ether oxygens (including phenoxy) is 4. The topological polar surface area (TPSA) is 90.5 Å². The number of hydrogen-bond donors (Lipinski definition) is 2. The van der Waals surface area contributed by atoms with Gasteiger partial charge in [0.05, 0.1) is 32.7 Å². The van der Waals surface area contributed by atoms with Gasteiger partial charge < -0.3 is 33.6 Å². The Kier molecular flexibility index (Phi) is 12.0. The summed E-state index contributed by atoms with van der Waals surface area (Å²) in [6, 6.07) is 14.3. The van der Waals surface area contributed by atoms with E-state index in [-0.39, 0.29) is 26.4 Å². The van der Waals surface area contributed by atoms with Gasteiger partial charge in [-0.25, -0.2) is 0 Å². The van der Waals surface area contributed by atoms with Gasteiger partial charge in [-0.2, -0.15) is 0 Å². The highest BCUT2D eigenvalue weighted by Gasteiger charge is 2.12. The molecular formula is C30H40O7. The maximum atomic E-state index is 10.2. The molecule has 0 saturated heterocycles. The summed E-state index contributed by atoms with van der Waals surface area (Å²) < 4.78 is 27.5. The van der Waals surface area contributed by atoms with Gasteiger partial charge in [-0.3, -0.25) is 0 Å². The Morgan fingerprint density at radius 3 is 2.38 bits per heavy atom. The molecule has 0 aliphatic carbocycles. The first-order chi connectivity index (χ1) is 18.0. The van der Waals surface area contributed by atoms with Crippen LogP contribution in [-0.2, 0) is 20.6 Å². The van der Waals surface area contributed by atoms with Crippen molar-refractivity contribution in [1.29, 1.82) is 0 Å². The zero-order valence-corrected chi connectivity index (χ0v) is 22.0. The van der Waals surface area contributed by atoms with Crippen LogP contribution in [0.5, 0.6) is 5.75 Å². The first kappa shape index (κ1) is 28.7. The molecule has 1 aromatic heterocycles. The third kappa shape index (κ3) is 9.52. The SMILES string of the molecule is C=COCC(O)COCCOCC(O)COc1ccc2cc(-c3ccc(CCCCC)cc3C)oc2c1. The quantitative estimate of drug-likeness (QED) is 0.173. The van der Waals surface area contributed by atoms with Crippen LogP contribution in [0.1, 0.15) is 37.3 Å².